The highest BCUT2D eigenvalue weighted by Gasteiger charge is 2.41. The molecule has 1 aromatic rings. The summed E-state index contributed by atoms with van der Waals surface area (Å²) >= 11 is 6.08. The van der Waals surface area contributed by atoms with Crippen molar-refractivity contribution in [1.29, 1.82) is 0 Å². The summed E-state index contributed by atoms with van der Waals surface area (Å²) in [6.07, 6.45) is 3.48. The van der Waals surface area contributed by atoms with E-state index >= 15 is 0 Å². The van der Waals surface area contributed by atoms with Gasteiger partial charge in [-0.3, -0.25) is 0 Å². The van der Waals surface area contributed by atoms with E-state index in [0.717, 1.165) is 17.7 Å². The zero-order chi connectivity index (χ0) is 10.2. The Bertz CT molecular complexity index is 345. The third-order valence-corrected chi connectivity index (χ3v) is 3.31. The molecule has 1 aromatic heterocycles. The van der Waals surface area contributed by atoms with E-state index in [0.29, 0.717) is 10.7 Å². The molecule has 76 valence electrons. The van der Waals surface area contributed by atoms with Gasteiger partial charge in [-0.15, -0.1) is 0 Å². The number of halogens is 1. The van der Waals surface area contributed by atoms with Crippen molar-refractivity contribution in [2.24, 2.45) is 0 Å². The van der Waals surface area contributed by atoms with Crippen LogP contribution in [0.1, 0.15) is 24.1 Å². The Balaban J connectivity index is 2.17. The number of hydrogen-bond acceptors (Lipinski definition) is 2. The minimum atomic E-state index is 0.306. The Kier molecular flexibility index (Phi) is 2.50. The smallest absolute Gasteiger partial charge is 0.132 e. The first-order valence-corrected chi connectivity index (χ1v) is 5.34. The quantitative estimate of drug-likeness (QED) is 0.775. The van der Waals surface area contributed by atoms with Gasteiger partial charge in [0.1, 0.15) is 5.15 Å². The highest BCUT2D eigenvalue weighted by molar-refractivity contribution is 6.30. The number of hydrogen-bond donors (Lipinski definition) is 1. The van der Waals surface area contributed by atoms with E-state index in [2.05, 4.69) is 16.4 Å². The van der Waals surface area contributed by atoms with Crippen LogP contribution in [0.4, 0.5) is 0 Å². The highest BCUT2D eigenvalue weighted by atomic mass is 35.5. The van der Waals surface area contributed by atoms with Gasteiger partial charge in [-0.2, -0.15) is 0 Å². The van der Waals surface area contributed by atoms with Gasteiger partial charge >= 0.3 is 0 Å². The predicted molar refractivity (Wildman–Crippen MR) is 58.7 cm³/mol. The lowest BCUT2D eigenvalue weighted by Crippen LogP contribution is -2.29. The molecular formula is C11H15ClN2. The van der Waals surface area contributed by atoms with Gasteiger partial charge in [0.15, 0.2) is 0 Å². The fraction of sp³-hybridized carbons (Fsp3) is 0.545. The third kappa shape index (κ3) is 1.91. The van der Waals surface area contributed by atoms with Crippen molar-refractivity contribution >= 4 is 11.6 Å². The summed E-state index contributed by atoms with van der Waals surface area (Å²) in [6.45, 7) is 1.96. The first kappa shape index (κ1) is 9.94. The van der Waals surface area contributed by atoms with Gasteiger partial charge in [0, 0.05) is 11.2 Å². The average molecular weight is 211 g/mol. The van der Waals surface area contributed by atoms with Gasteiger partial charge in [-0.1, -0.05) is 17.7 Å². The summed E-state index contributed by atoms with van der Waals surface area (Å²) in [5, 5.41) is 4.02. The first-order valence-electron chi connectivity index (χ1n) is 4.96. The zero-order valence-electron chi connectivity index (χ0n) is 8.60. The standard InChI is InChI=1S/C11H15ClN2/c1-8-3-4-9(10(12)14-8)7-11(13-2)5-6-11/h3-4,13H,5-7H2,1-2H3. The fourth-order valence-electron chi connectivity index (χ4n) is 1.72. The first-order chi connectivity index (χ1) is 6.65. The molecule has 2 rings (SSSR count). The molecule has 0 atom stereocenters. The molecule has 0 amide bonds. The van der Waals surface area contributed by atoms with Crippen LogP contribution in [0, 0.1) is 6.92 Å². The molecule has 14 heavy (non-hydrogen) atoms. The van der Waals surface area contributed by atoms with Gasteiger partial charge < -0.3 is 5.32 Å². The van der Waals surface area contributed by atoms with Crippen LogP contribution in [0.2, 0.25) is 5.15 Å². The van der Waals surface area contributed by atoms with Gasteiger partial charge in [0.05, 0.1) is 0 Å². The minimum Gasteiger partial charge on any atom is -0.314 e. The normalized spacial score (nSPS) is 18.2. The molecule has 0 saturated heterocycles. The minimum absolute atomic E-state index is 0.306. The van der Waals surface area contributed by atoms with E-state index < -0.39 is 0 Å². The van der Waals surface area contributed by atoms with Crippen LogP contribution in [0.25, 0.3) is 0 Å². The molecule has 0 bridgehead atoms. The molecule has 0 spiro atoms. The van der Waals surface area contributed by atoms with Crippen LogP contribution in [-0.2, 0) is 6.42 Å². The van der Waals surface area contributed by atoms with Gasteiger partial charge in [0.25, 0.3) is 0 Å². The van der Waals surface area contributed by atoms with Crippen molar-refractivity contribution in [3.8, 4) is 0 Å². The fourth-order valence-corrected chi connectivity index (χ4v) is 1.98. The summed E-state index contributed by atoms with van der Waals surface area (Å²) < 4.78 is 0. The Morgan fingerprint density at radius 3 is 2.71 bits per heavy atom. The molecule has 1 N–H and O–H groups in total. The summed E-state index contributed by atoms with van der Waals surface area (Å²) in [7, 11) is 2.02. The third-order valence-electron chi connectivity index (χ3n) is 2.98. The molecule has 1 aliphatic carbocycles. The average Bonchev–Trinajstić information content (AvgIpc) is 2.91. The van der Waals surface area contributed by atoms with Gasteiger partial charge in [-0.05, 0) is 44.9 Å². The molecule has 0 aliphatic heterocycles. The number of nitrogens with zero attached hydrogens (tertiary/aromatic N) is 1. The van der Waals surface area contributed by atoms with E-state index in [1.807, 2.05) is 20.0 Å². The summed E-state index contributed by atoms with van der Waals surface area (Å²) in [4.78, 5) is 4.26. The summed E-state index contributed by atoms with van der Waals surface area (Å²) in [6, 6.07) is 4.11. The number of pyridine rings is 1. The van der Waals surface area contributed by atoms with Crippen molar-refractivity contribution in [3.63, 3.8) is 0 Å². The Morgan fingerprint density at radius 1 is 1.50 bits per heavy atom. The summed E-state index contributed by atoms with van der Waals surface area (Å²) in [5.41, 5.74) is 2.44. The second-order valence-corrected chi connectivity index (χ2v) is 4.47. The molecule has 1 fully saturated rings. The maximum absolute atomic E-state index is 6.08. The maximum Gasteiger partial charge on any atom is 0.132 e. The second kappa shape index (κ2) is 3.52. The van der Waals surface area contributed by atoms with Gasteiger partial charge in [-0.25, -0.2) is 4.98 Å². The van der Waals surface area contributed by atoms with Gasteiger partial charge in [0.2, 0.25) is 0 Å². The largest absolute Gasteiger partial charge is 0.314 e. The second-order valence-electron chi connectivity index (χ2n) is 4.11. The van der Waals surface area contributed by atoms with Crippen LogP contribution >= 0.6 is 11.6 Å². The van der Waals surface area contributed by atoms with E-state index in [-0.39, 0.29) is 0 Å². The number of aryl methyl sites for hydroxylation is 1. The predicted octanol–water partition coefficient (Wildman–Crippen LogP) is 2.34. The van der Waals surface area contributed by atoms with Crippen molar-refractivity contribution in [2.75, 3.05) is 7.05 Å². The van der Waals surface area contributed by atoms with E-state index in [1.54, 1.807) is 0 Å². The van der Waals surface area contributed by atoms with Crippen LogP contribution in [0.15, 0.2) is 12.1 Å². The molecule has 3 heteroatoms. The van der Waals surface area contributed by atoms with E-state index in [9.17, 15) is 0 Å². The molecule has 1 aliphatic rings. The molecule has 1 saturated carbocycles. The molecule has 0 aromatic carbocycles. The Morgan fingerprint density at radius 2 is 2.21 bits per heavy atom. The Labute approximate surface area is 89.7 Å². The van der Waals surface area contributed by atoms with Crippen molar-refractivity contribution < 1.29 is 0 Å². The van der Waals surface area contributed by atoms with E-state index in [1.165, 1.54) is 12.8 Å². The zero-order valence-corrected chi connectivity index (χ0v) is 9.36. The molecule has 2 nitrogen and oxygen atoms in total. The lowest BCUT2D eigenvalue weighted by Gasteiger charge is -2.14. The maximum atomic E-state index is 6.08. The topological polar surface area (TPSA) is 24.9 Å². The van der Waals surface area contributed by atoms with Crippen molar-refractivity contribution in [2.45, 2.75) is 31.7 Å². The van der Waals surface area contributed by atoms with Crippen LogP contribution in [-0.4, -0.2) is 17.6 Å². The number of aromatic nitrogens is 1. The molecule has 0 radical (unpaired) electrons. The highest BCUT2D eigenvalue weighted by Crippen LogP contribution is 2.39. The summed E-state index contributed by atoms with van der Waals surface area (Å²) in [5.74, 6) is 0. The van der Waals surface area contributed by atoms with E-state index in [4.69, 9.17) is 11.6 Å². The lowest BCUT2D eigenvalue weighted by atomic mass is 10.1. The monoisotopic (exact) mass is 210 g/mol. The number of rotatable bonds is 3. The Hall–Kier alpha value is -0.600. The number of nitrogens with one attached hydrogen (secondary N) is 1. The van der Waals surface area contributed by atoms with Crippen molar-refractivity contribution in [3.05, 3.63) is 28.5 Å². The SMILES string of the molecule is CNC1(Cc2ccc(C)nc2Cl)CC1. The number of likely N-dealkylation sites (N-methyl/N-ethyl adjacent to an activating group) is 1. The molecule has 1 heterocycles. The molecular weight excluding hydrogens is 196 g/mol. The van der Waals surface area contributed by atoms with Crippen LogP contribution in [0.3, 0.4) is 0 Å². The van der Waals surface area contributed by atoms with Crippen LogP contribution in [0.5, 0.6) is 0 Å². The van der Waals surface area contributed by atoms with Crippen molar-refractivity contribution in [1.82, 2.24) is 10.3 Å². The molecule has 0 unspecified atom stereocenters. The van der Waals surface area contributed by atoms with Crippen LogP contribution < -0.4 is 5.32 Å². The lowest BCUT2D eigenvalue weighted by molar-refractivity contribution is 0.548.